The van der Waals surface area contributed by atoms with Crippen LogP contribution in [0.15, 0.2) is 42.7 Å². The minimum Gasteiger partial charge on any atom is -0.335 e. The van der Waals surface area contributed by atoms with E-state index in [1.165, 1.54) is 5.56 Å². The summed E-state index contributed by atoms with van der Waals surface area (Å²) >= 11 is 0. The maximum Gasteiger partial charge on any atom is 0.320 e. The van der Waals surface area contributed by atoms with Crippen molar-refractivity contribution in [1.29, 1.82) is 0 Å². The van der Waals surface area contributed by atoms with Gasteiger partial charge in [-0.05, 0) is 56.5 Å². The van der Waals surface area contributed by atoms with Gasteiger partial charge >= 0.3 is 6.03 Å². The molecule has 25 heavy (non-hydrogen) atoms. The number of aromatic nitrogens is 2. The number of amides is 2. The first-order valence-corrected chi connectivity index (χ1v) is 8.77. The normalized spacial score (nSPS) is 17.0. The van der Waals surface area contributed by atoms with Gasteiger partial charge in [-0.25, -0.2) is 9.78 Å². The molecule has 0 bridgehead atoms. The van der Waals surface area contributed by atoms with E-state index in [-0.39, 0.29) is 12.1 Å². The first-order valence-electron chi connectivity index (χ1n) is 8.77. The van der Waals surface area contributed by atoms with Gasteiger partial charge in [-0.1, -0.05) is 6.07 Å². The summed E-state index contributed by atoms with van der Waals surface area (Å²) in [5.41, 5.74) is 2.17. The largest absolute Gasteiger partial charge is 0.335 e. The zero-order chi connectivity index (χ0) is 17.6. The lowest BCUT2D eigenvalue weighted by molar-refractivity contribution is 0.154. The molecule has 1 fully saturated rings. The molecule has 2 aromatic rings. The van der Waals surface area contributed by atoms with Gasteiger partial charge in [-0.3, -0.25) is 15.2 Å². The summed E-state index contributed by atoms with van der Waals surface area (Å²) in [6.07, 6.45) is 5.57. The number of piperidine rings is 1. The predicted octanol–water partition coefficient (Wildman–Crippen LogP) is 3.13. The molecule has 0 saturated carbocycles. The van der Waals surface area contributed by atoms with Crippen LogP contribution < -0.4 is 10.6 Å². The molecule has 3 heterocycles. The van der Waals surface area contributed by atoms with E-state index in [0.717, 1.165) is 31.6 Å². The zero-order valence-corrected chi connectivity index (χ0v) is 14.8. The molecule has 2 aromatic heterocycles. The van der Waals surface area contributed by atoms with Gasteiger partial charge in [0, 0.05) is 43.3 Å². The Morgan fingerprint density at radius 1 is 1.20 bits per heavy atom. The molecule has 2 N–H and O–H groups in total. The van der Waals surface area contributed by atoms with Gasteiger partial charge in [0.2, 0.25) is 0 Å². The van der Waals surface area contributed by atoms with Crippen LogP contribution in [0.4, 0.5) is 10.6 Å². The van der Waals surface area contributed by atoms with Crippen molar-refractivity contribution in [2.24, 2.45) is 0 Å². The van der Waals surface area contributed by atoms with E-state index in [4.69, 9.17) is 0 Å². The molecule has 1 aliphatic heterocycles. The summed E-state index contributed by atoms with van der Waals surface area (Å²) in [7, 11) is 0. The highest BCUT2D eigenvalue weighted by Crippen LogP contribution is 2.23. The van der Waals surface area contributed by atoms with Gasteiger partial charge in [-0.2, -0.15) is 0 Å². The number of likely N-dealkylation sites (tertiary alicyclic amines) is 1. The third-order valence-corrected chi connectivity index (χ3v) is 4.73. The maximum absolute atomic E-state index is 12.1. The zero-order valence-electron chi connectivity index (χ0n) is 14.8. The molecule has 0 radical (unpaired) electrons. The van der Waals surface area contributed by atoms with Gasteiger partial charge in [-0.15, -0.1) is 0 Å². The van der Waals surface area contributed by atoms with Crippen LogP contribution in [-0.2, 0) is 0 Å². The first-order chi connectivity index (χ1) is 12.1. The van der Waals surface area contributed by atoms with Gasteiger partial charge in [0.1, 0.15) is 5.82 Å². The molecule has 6 heteroatoms. The quantitative estimate of drug-likeness (QED) is 0.898. The number of carbonyl (C=O) groups is 1. The summed E-state index contributed by atoms with van der Waals surface area (Å²) in [6, 6.07) is 10.1. The minimum absolute atomic E-state index is 0.182. The molecule has 0 spiro atoms. The molecule has 0 aliphatic carbocycles. The summed E-state index contributed by atoms with van der Waals surface area (Å²) < 4.78 is 0. The van der Waals surface area contributed by atoms with Crippen LogP contribution in [0.2, 0.25) is 0 Å². The average Bonchev–Trinajstić information content (AvgIpc) is 2.62. The molecule has 1 atom stereocenters. The van der Waals surface area contributed by atoms with Gasteiger partial charge < -0.3 is 5.32 Å². The Hall–Kier alpha value is -2.47. The van der Waals surface area contributed by atoms with Crippen molar-refractivity contribution in [2.75, 3.05) is 18.4 Å². The van der Waals surface area contributed by atoms with E-state index >= 15 is 0 Å². The fourth-order valence-electron chi connectivity index (χ4n) is 3.23. The van der Waals surface area contributed by atoms with Gasteiger partial charge in [0.15, 0.2) is 0 Å². The average molecular weight is 339 g/mol. The molecule has 1 aliphatic rings. The number of anilines is 1. The monoisotopic (exact) mass is 339 g/mol. The van der Waals surface area contributed by atoms with Crippen molar-refractivity contribution in [3.63, 3.8) is 0 Å². The highest BCUT2D eigenvalue weighted by Gasteiger charge is 2.24. The Morgan fingerprint density at radius 3 is 2.60 bits per heavy atom. The number of hydrogen-bond acceptors (Lipinski definition) is 4. The van der Waals surface area contributed by atoms with E-state index in [2.05, 4.69) is 44.6 Å². The number of carbonyl (C=O) groups excluding carboxylic acids is 1. The molecule has 1 saturated heterocycles. The summed E-state index contributed by atoms with van der Waals surface area (Å²) in [4.78, 5) is 23.0. The topological polar surface area (TPSA) is 70.2 Å². The molecule has 1 unspecified atom stereocenters. The van der Waals surface area contributed by atoms with Crippen LogP contribution in [0, 0.1) is 6.92 Å². The lowest BCUT2D eigenvalue weighted by atomic mass is 10.0. The van der Waals surface area contributed by atoms with Crippen molar-refractivity contribution in [1.82, 2.24) is 20.2 Å². The molecular weight excluding hydrogens is 314 g/mol. The fourth-order valence-corrected chi connectivity index (χ4v) is 3.23. The Balaban J connectivity index is 1.47. The van der Waals surface area contributed by atoms with E-state index < -0.39 is 0 Å². The van der Waals surface area contributed by atoms with Crippen LogP contribution in [0.3, 0.4) is 0 Å². The number of hydrogen-bond donors (Lipinski definition) is 2. The molecule has 132 valence electrons. The van der Waals surface area contributed by atoms with Crippen LogP contribution in [-0.4, -0.2) is 40.0 Å². The number of rotatable bonds is 4. The van der Waals surface area contributed by atoms with Crippen LogP contribution in [0.1, 0.15) is 37.1 Å². The third kappa shape index (κ3) is 4.76. The number of nitrogens with one attached hydrogen (secondary N) is 2. The van der Waals surface area contributed by atoms with Gasteiger partial charge in [0.25, 0.3) is 0 Å². The number of pyridine rings is 2. The van der Waals surface area contributed by atoms with Crippen molar-refractivity contribution < 1.29 is 4.79 Å². The van der Waals surface area contributed by atoms with Crippen molar-refractivity contribution >= 4 is 11.8 Å². The van der Waals surface area contributed by atoms with Crippen molar-refractivity contribution in [3.05, 3.63) is 54.0 Å². The molecule has 2 amide bonds. The number of urea groups is 1. The van der Waals surface area contributed by atoms with Crippen molar-refractivity contribution in [2.45, 2.75) is 38.8 Å². The minimum atomic E-state index is -0.182. The van der Waals surface area contributed by atoms with Gasteiger partial charge in [0.05, 0.1) is 0 Å². The highest BCUT2D eigenvalue weighted by atomic mass is 16.2. The van der Waals surface area contributed by atoms with Crippen LogP contribution in [0.25, 0.3) is 0 Å². The second-order valence-electron chi connectivity index (χ2n) is 6.53. The Morgan fingerprint density at radius 2 is 1.92 bits per heavy atom. The fraction of sp³-hybridized carbons (Fsp3) is 0.421. The summed E-state index contributed by atoms with van der Waals surface area (Å²) in [5.74, 6) is 0.584. The van der Waals surface area contributed by atoms with E-state index in [9.17, 15) is 4.79 Å². The highest BCUT2D eigenvalue weighted by molar-refractivity contribution is 5.88. The smallest absolute Gasteiger partial charge is 0.320 e. The molecule has 3 rings (SSSR count). The molecule has 6 nitrogen and oxygen atoms in total. The third-order valence-electron chi connectivity index (χ3n) is 4.73. The Bertz CT molecular complexity index is 698. The molecule has 0 aromatic carbocycles. The molecular formula is C19H25N5O. The van der Waals surface area contributed by atoms with Crippen LogP contribution >= 0.6 is 0 Å². The SMILES string of the molecule is Cc1cccc(NC(=O)NC2CCN(C(C)c3ccncc3)CC2)n1. The van der Waals surface area contributed by atoms with E-state index in [0.29, 0.717) is 11.9 Å². The maximum atomic E-state index is 12.1. The summed E-state index contributed by atoms with van der Waals surface area (Å²) in [6.45, 7) is 6.07. The predicted molar refractivity (Wildman–Crippen MR) is 98.4 cm³/mol. The first kappa shape index (κ1) is 17.4. The lowest BCUT2D eigenvalue weighted by Gasteiger charge is -2.36. The van der Waals surface area contributed by atoms with E-state index in [1.807, 2.05) is 31.5 Å². The summed E-state index contributed by atoms with van der Waals surface area (Å²) in [5, 5.41) is 5.87. The number of nitrogens with zero attached hydrogens (tertiary/aromatic N) is 3. The standard InChI is InChI=1S/C19H25N5O/c1-14-4-3-5-18(21-14)23-19(25)22-17-8-12-24(13-9-17)15(2)16-6-10-20-11-7-16/h3-7,10-11,15,17H,8-9,12-13H2,1-2H3,(H2,21,22,23,25). The van der Waals surface area contributed by atoms with E-state index in [1.54, 1.807) is 6.07 Å². The second-order valence-corrected chi connectivity index (χ2v) is 6.53. The Labute approximate surface area is 148 Å². The van der Waals surface area contributed by atoms with Crippen molar-refractivity contribution in [3.8, 4) is 0 Å². The number of aryl methyl sites for hydroxylation is 1. The van der Waals surface area contributed by atoms with Crippen LogP contribution in [0.5, 0.6) is 0 Å². The second kappa shape index (κ2) is 8.07. The lowest BCUT2D eigenvalue weighted by Crippen LogP contribution is -2.46. The Kier molecular flexibility index (Phi) is 5.60.